The number of sulfonamides is 1. The summed E-state index contributed by atoms with van der Waals surface area (Å²) in [4.78, 5) is 76.9. The Morgan fingerprint density at radius 3 is 1.99 bits per heavy atom. The van der Waals surface area contributed by atoms with Gasteiger partial charge in [-0.3, -0.25) is 39.1 Å². The second-order valence-corrected chi connectivity index (χ2v) is 20.9. The molecule has 1 unspecified atom stereocenters. The lowest BCUT2D eigenvalue weighted by Gasteiger charge is -2.35. The Labute approximate surface area is 443 Å². The molecule has 0 saturated carbocycles. The maximum absolute atomic E-state index is 13.0. The van der Waals surface area contributed by atoms with Gasteiger partial charge in [0.2, 0.25) is 33.7 Å². The normalized spacial score (nSPS) is 16.2. The van der Waals surface area contributed by atoms with Crippen LogP contribution in [0.5, 0.6) is 0 Å². The van der Waals surface area contributed by atoms with E-state index in [1.807, 2.05) is 31.2 Å². The lowest BCUT2D eigenvalue weighted by Crippen LogP contribution is -2.54. The highest BCUT2D eigenvalue weighted by Gasteiger charge is 2.44. The molecule has 2 fully saturated rings. The Balaban J connectivity index is 0.654. The zero-order chi connectivity index (χ0) is 54.1. The van der Waals surface area contributed by atoms with Gasteiger partial charge in [-0.1, -0.05) is 6.07 Å². The third kappa shape index (κ3) is 16.9. The van der Waals surface area contributed by atoms with Crippen molar-refractivity contribution in [1.29, 1.82) is 0 Å². The summed E-state index contributed by atoms with van der Waals surface area (Å²) in [5.74, 6) is -1.29. The molecule has 7 rings (SSSR count). The van der Waals surface area contributed by atoms with E-state index >= 15 is 0 Å². The van der Waals surface area contributed by atoms with Crippen molar-refractivity contribution in [3.8, 4) is 0 Å². The summed E-state index contributed by atoms with van der Waals surface area (Å²) in [6.07, 6.45) is 1.87. The number of nitrogens with one attached hydrogen (secondary N) is 6. The Morgan fingerprint density at radius 2 is 1.34 bits per heavy atom. The van der Waals surface area contributed by atoms with Crippen LogP contribution in [0.25, 0.3) is 0 Å². The van der Waals surface area contributed by atoms with E-state index in [9.17, 15) is 32.4 Å². The minimum absolute atomic E-state index is 0.0471. The minimum atomic E-state index is -3.71. The summed E-state index contributed by atoms with van der Waals surface area (Å²) in [7, 11) is -3.71. The molecule has 0 aliphatic carbocycles. The van der Waals surface area contributed by atoms with Crippen molar-refractivity contribution < 1.29 is 56.1 Å². The van der Waals surface area contributed by atoms with Crippen LogP contribution < -0.4 is 36.2 Å². The number of carbonyl (C=O) groups excluding carboxylic acids is 5. The van der Waals surface area contributed by atoms with Crippen molar-refractivity contribution in [2.45, 2.75) is 57.0 Å². The van der Waals surface area contributed by atoms with Crippen LogP contribution in [-0.4, -0.2) is 181 Å². The molecule has 76 heavy (non-hydrogen) atoms. The summed E-state index contributed by atoms with van der Waals surface area (Å²) in [5.41, 5.74) is 3.69. The first-order chi connectivity index (χ1) is 36.5. The molecule has 410 valence electrons. The first kappa shape index (κ1) is 57.1. The number of amides is 5. The molecule has 2 saturated heterocycles. The number of piperidine rings is 1. The van der Waals surface area contributed by atoms with Crippen LogP contribution in [0.3, 0.4) is 0 Å². The Hall–Kier alpha value is -6.64. The van der Waals surface area contributed by atoms with E-state index in [2.05, 4.69) is 51.1 Å². The van der Waals surface area contributed by atoms with E-state index in [-0.39, 0.29) is 34.8 Å². The number of carbonyl (C=O) groups is 5. The predicted octanol–water partition coefficient (Wildman–Crippen LogP) is 3.18. The molecule has 5 amide bonds. The number of imide groups is 2. The molecular weight excluding hydrogens is 1000 g/mol. The quantitative estimate of drug-likeness (QED) is 0.0337. The van der Waals surface area contributed by atoms with Gasteiger partial charge < -0.3 is 49.9 Å². The number of ether oxygens (including phenoxy) is 5. The van der Waals surface area contributed by atoms with Crippen molar-refractivity contribution in [1.82, 2.24) is 35.1 Å². The average molecular weight is 1070 g/mol. The van der Waals surface area contributed by atoms with Gasteiger partial charge in [0, 0.05) is 85.7 Å². The molecule has 24 heteroatoms. The SMILES string of the molecule is Cc1cnc(Nc2ccc(N3CCN(CC(=O)NCCOCCOCCOCCOCCOCCNc4ccc5c(c4)C(=O)N(C4CCC(=O)NC4=O)C5=O)CC3)cc2)nc1Nc1cccc(S(=O)(=O)NC(C)(C)C)c1. The van der Waals surface area contributed by atoms with Gasteiger partial charge in [0.15, 0.2) is 0 Å². The van der Waals surface area contributed by atoms with E-state index in [1.54, 1.807) is 69.4 Å². The Bertz CT molecular complexity index is 2750. The molecule has 3 aliphatic rings. The second-order valence-electron chi connectivity index (χ2n) is 19.2. The first-order valence-corrected chi connectivity index (χ1v) is 26.9. The lowest BCUT2D eigenvalue weighted by molar-refractivity contribution is -0.136. The van der Waals surface area contributed by atoms with Crippen LogP contribution in [-0.2, 0) is 48.1 Å². The topological polar surface area (TPSA) is 273 Å². The summed E-state index contributed by atoms with van der Waals surface area (Å²) in [5, 5.41) is 14.8. The molecule has 23 nitrogen and oxygen atoms in total. The van der Waals surface area contributed by atoms with E-state index in [1.165, 1.54) is 0 Å². The molecule has 0 bridgehead atoms. The summed E-state index contributed by atoms with van der Waals surface area (Å²) in [6, 6.07) is 18.4. The maximum Gasteiger partial charge on any atom is 0.262 e. The highest BCUT2D eigenvalue weighted by Crippen LogP contribution is 2.30. The zero-order valence-corrected chi connectivity index (χ0v) is 44.3. The molecule has 4 aromatic rings. The van der Waals surface area contributed by atoms with Crippen LogP contribution in [0, 0.1) is 6.92 Å². The van der Waals surface area contributed by atoms with Crippen LogP contribution in [0.1, 0.15) is 59.9 Å². The smallest absolute Gasteiger partial charge is 0.262 e. The maximum atomic E-state index is 13.0. The third-order valence-corrected chi connectivity index (χ3v) is 13.9. The number of anilines is 6. The van der Waals surface area contributed by atoms with E-state index < -0.39 is 45.2 Å². The Kier molecular flexibility index (Phi) is 20.6. The molecule has 0 spiro atoms. The van der Waals surface area contributed by atoms with Crippen molar-refractivity contribution in [3.63, 3.8) is 0 Å². The molecule has 4 heterocycles. The van der Waals surface area contributed by atoms with Gasteiger partial charge in [0.25, 0.3) is 11.8 Å². The molecule has 0 radical (unpaired) electrons. The van der Waals surface area contributed by atoms with E-state index in [4.69, 9.17) is 23.7 Å². The zero-order valence-electron chi connectivity index (χ0n) is 43.5. The number of aryl methyl sites for hydroxylation is 1. The van der Waals surface area contributed by atoms with Crippen molar-refractivity contribution >= 4 is 74.1 Å². The second kappa shape index (κ2) is 27.4. The third-order valence-electron chi connectivity index (χ3n) is 12.1. The molecule has 1 atom stereocenters. The average Bonchev–Trinajstić information content (AvgIpc) is 3.63. The van der Waals surface area contributed by atoms with Crippen LogP contribution in [0.2, 0.25) is 0 Å². The van der Waals surface area contributed by atoms with E-state index in [0.29, 0.717) is 109 Å². The monoisotopic (exact) mass is 1070 g/mol. The van der Waals surface area contributed by atoms with Gasteiger partial charge >= 0.3 is 0 Å². The van der Waals surface area contributed by atoms with Gasteiger partial charge in [-0.25, -0.2) is 18.1 Å². The Morgan fingerprint density at radius 1 is 0.724 bits per heavy atom. The van der Waals surface area contributed by atoms with Gasteiger partial charge in [-0.05, 0) is 94.8 Å². The number of rotatable bonds is 29. The number of nitrogens with zero attached hydrogens (tertiary/aromatic N) is 5. The fraction of sp³-hybridized carbons (Fsp3) is 0.481. The highest BCUT2D eigenvalue weighted by atomic mass is 32.2. The standard InChI is InChI=1S/C52H69N11O12S/c1-36-34-55-51(59-47(36)56-39-6-5-7-41(32-39)76(69,70)60-52(2,3)4)57-37-8-11-40(12-9-37)62-20-18-61(19-21-62)35-46(65)54-17-23-72-25-27-74-29-31-75-30-28-73-26-24-71-22-16-53-38-10-13-42-43(33-38)50(68)63(49(42)67)44-14-15-45(64)58-48(44)66/h5-13,32-34,44,53,60H,14-31,35H2,1-4H3,(H,54,65)(H,58,64,66)(H2,55,56,57,59). The summed E-state index contributed by atoms with van der Waals surface area (Å²) < 4.78 is 56.4. The van der Waals surface area contributed by atoms with Gasteiger partial charge in [-0.15, -0.1) is 0 Å². The summed E-state index contributed by atoms with van der Waals surface area (Å²) >= 11 is 0. The molecule has 3 aliphatic heterocycles. The number of hydrogen-bond acceptors (Lipinski definition) is 19. The van der Waals surface area contributed by atoms with E-state index in [0.717, 1.165) is 48.0 Å². The number of hydrogen-bond donors (Lipinski definition) is 6. The molecule has 1 aromatic heterocycles. The number of piperazine rings is 1. The van der Waals surface area contributed by atoms with Gasteiger partial charge in [0.05, 0.1) is 88.6 Å². The van der Waals surface area contributed by atoms with Crippen LogP contribution >= 0.6 is 0 Å². The molecule has 6 N–H and O–H groups in total. The highest BCUT2D eigenvalue weighted by molar-refractivity contribution is 7.89. The van der Waals surface area contributed by atoms with Crippen molar-refractivity contribution in [2.24, 2.45) is 0 Å². The van der Waals surface area contributed by atoms with Gasteiger partial charge in [-0.2, -0.15) is 4.98 Å². The first-order valence-electron chi connectivity index (χ1n) is 25.4. The number of benzene rings is 3. The van der Waals surface area contributed by atoms with Crippen molar-refractivity contribution in [2.75, 3.05) is 133 Å². The van der Waals surface area contributed by atoms with Crippen molar-refractivity contribution in [3.05, 3.63) is 89.6 Å². The lowest BCUT2D eigenvalue weighted by atomic mass is 10.0. The molecular formula is C52H69N11O12S. The fourth-order valence-electron chi connectivity index (χ4n) is 8.37. The minimum Gasteiger partial charge on any atom is -0.383 e. The predicted molar refractivity (Wildman–Crippen MR) is 284 cm³/mol. The fourth-order valence-corrected chi connectivity index (χ4v) is 9.83. The number of aromatic nitrogens is 2. The van der Waals surface area contributed by atoms with Crippen LogP contribution in [0.4, 0.5) is 34.5 Å². The summed E-state index contributed by atoms with van der Waals surface area (Å²) in [6.45, 7) is 15.5. The molecule has 3 aromatic carbocycles. The van der Waals surface area contributed by atoms with Gasteiger partial charge in [0.1, 0.15) is 11.9 Å². The largest absolute Gasteiger partial charge is 0.383 e. The van der Waals surface area contributed by atoms with Crippen LogP contribution in [0.15, 0.2) is 77.8 Å². The number of fused-ring (bicyclic) bond motifs is 1.